The minimum atomic E-state index is -0.243. The maximum Gasteiger partial charge on any atom is 0.245 e. The highest BCUT2D eigenvalue weighted by atomic mass is 35.5. The van der Waals surface area contributed by atoms with Gasteiger partial charge in [-0.25, -0.2) is 4.98 Å². The van der Waals surface area contributed by atoms with Crippen molar-refractivity contribution in [3.8, 4) is 6.07 Å². The van der Waals surface area contributed by atoms with Crippen molar-refractivity contribution in [2.24, 2.45) is 0 Å². The molecule has 0 N–H and O–H groups in total. The molecule has 0 bridgehead atoms. The highest BCUT2D eigenvalue weighted by Crippen LogP contribution is 2.30. The summed E-state index contributed by atoms with van der Waals surface area (Å²) in [6, 6.07) is 7.39. The Bertz CT molecular complexity index is 746. The van der Waals surface area contributed by atoms with Crippen LogP contribution in [0.3, 0.4) is 0 Å². The maximum absolute atomic E-state index is 12.3. The summed E-state index contributed by atoms with van der Waals surface area (Å²) < 4.78 is 1.96. The highest BCUT2D eigenvalue weighted by molar-refractivity contribution is 6.18. The van der Waals surface area contributed by atoms with Crippen LogP contribution in [0.2, 0.25) is 0 Å². The Morgan fingerprint density at radius 2 is 2.33 bits per heavy atom. The Hall–Kier alpha value is -2.06. The fourth-order valence-electron chi connectivity index (χ4n) is 2.91. The number of imidazole rings is 1. The summed E-state index contributed by atoms with van der Waals surface area (Å²) in [6.45, 7) is 0.738. The molecule has 1 aliphatic heterocycles. The van der Waals surface area contributed by atoms with E-state index in [2.05, 4.69) is 11.1 Å². The van der Waals surface area contributed by atoms with Crippen molar-refractivity contribution in [2.45, 2.75) is 18.9 Å². The molecule has 1 saturated heterocycles. The van der Waals surface area contributed by atoms with Gasteiger partial charge in [-0.15, -0.1) is 11.6 Å². The number of aryl methyl sites for hydroxylation is 1. The molecule has 108 valence electrons. The molecule has 0 spiro atoms. The molecule has 5 nitrogen and oxygen atoms in total. The first kappa shape index (κ1) is 13.9. The number of likely N-dealkylation sites (tertiary alicyclic amines) is 1. The SMILES string of the molecule is CN1CCC(n2c(CCCl)nc3c(C#N)cccc32)C1=O. The molecule has 2 heterocycles. The van der Waals surface area contributed by atoms with E-state index in [-0.39, 0.29) is 11.9 Å². The van der Waals surface area contributed by atoms with Gasteiger partial charge < -0.3 is 9.47 Å². The number of alkyl halides is 1. The van der Waals surface area contributed by atoms with Gasteiger partial charge in [-0.3, -0.25) is 4.79 Å². The van der Waals surface area contributed by atoms with Crippen LogP contribution in [0.15, 0.2) is 18.2 Å². The molecular formula is C15H15ClN4O. The van der Waals surface area contributed by atoms with Crippen molar-refractivity contribution < 1.29 is 4.79 Å². The summed E-state index contributed by atoms with van der Waals surface area (Å²) in [5, 5.41) is 9.22. The summed E-state index contributed by atoms with van der Waals surface area (Å²) in [7, 11) is 1.81. The van der Waals surface area contributed by atoms with E-state index in [1.165, 1.54) is 0 Å². The fraction of sp³-hybridized carbons (Fsp3) is 0.400. The number of likely N-dealkylation sites (N-methyl/N-ethyl adjacent to an activating group) is 1. The van der Waals surface area contributed by atoms with Gasteiger partial charge in [0.05, 0.1) is 11.1 Å². The quantitative estimate of drug-likeness (QED) is 0.816. The molecule has 1 aromatic carbocycles. The fourth-order valence-corrected chi connectivity index (χ4v) is 3.08. The standard InChI is InChI=1S/C15H15ClN4O/c1-19-8-6-12(15(19)21)20-11-4-2-3-10(9-17)14(11)18-13(20)5-7-16/h2-4,12H,5-8H2,1H3. The smallest absolute Gasteiger partial charge is 0.245 e. The van der Waals surface area contributed by atoms with E-state index in [4.69, 9.17) is 11.6 Å². The number of aromatic nitrogens is 2. The summed E-state index contributed by atoms with van der Waals surface area (Å²) >= 11 is 5.87. The molecule has 1 amide bonds. The molecule has 0 aliphatic carbocycles. The number of para-hydroxylation sites is 1. The lowest BCUT2D eigenvalue weighted by atomic mass is 10.2. The average Bonchev–Trinajstić information content (AvgIpc) is 3.00. The Morgan fingerprint density at radius 1 is 1.52 bits per heavy atom. The average molecular weight is 303 g/mol. The van der Waals surface area contributed by atoms with Crippen LogP contribution in [0.25, 0.3) is 11.0 Å². The van der Waals surface area contributed by atoms with Gasteiger partial charge in [-0.1, -0.05) is 6.07 Å². The molecule has 21 heavy (non-hydrogen) atoms. The molecule has 0 radical (unpaired) electrons. The molecule has 1 fully saturated rings. The Balaban J connectivity index is 2.22. The Labute approximate surface area is 127 Å². The first-order valence-corrected chi connectivity index (χ1v) is 7.41. The van der Waals surface area contributed by atoms with E-state index in [0.29, 0.717) is 23.4 Å². The molecule has 1 aliphatic rings. The van der Waals surface area contributed by atoms with Gasteiger partial charge in [-0.2, -0.15) is 5.26 Å². The first-order valence-electron chi connectivity index (χ1n) is 6.88. The van der Waals surface area contributed by atoms with E-state index < -0.39 is 0 Å². The number of hydrogen-bond acceptors (Lipinski definition) is 3. The highest BCUT2D eigenvalue weighted by Gasteiger charge is 2.33. The summed E-state index contributed by atoms with van der Waals surface area (Å²) in [4.78, 5) is 18.6. The lowest BCUT2D eigenvalue weighted by Gasteiger charge is -2.15. The van der Waals surface area contributed by atoms with E-state index in [1.807, 2.05) is 23.7 Å². The van der Waals surface area contributed by atoms with Crippen LogP contribution >= 0.6 is 11.6 Å². The van der Waals surface area contributed by atoms with Crippen LogP contribution in [-0.2, 0) is 11.2 Å². The van der Waals surface area contributed by atoms with Crippen molar-refractivity contribution >= 4 is 28.5 Å². The number of nitriles is 1. The van der Waals surface area contributed by atoms with Crippen LogP contribution in [0.4, 0.5) is 0 Å². The zero-order valence-electron chi connectivity index (χ0n) is 11.7. The van der Waals surface area contributed by atoms with E-state index in [1.54, 1.807) is 11.0 Å². The number of carbonyl (C=O) groups is 1. The van der Waals surface area contributed by atoms with Crippen LogP contribution in [-0.4, -0.2) is 39.8 Å². The van der Waals surface area contributed by atoms with E-state index in [0.717, 1.165) is 24.3 Å². The number of amides is 1. The summed E-state index contributed by atoms with van der Waals surface area (Å²) in [5.74, 6) is 1.30. The number of halogens is 1. The van der Waals surface area contributed by atoms with Crippen LogP contribution < -0.4 is 0 Å². The zero-order chi connectivity index (χ0) is 15.0. The maximum atomic E-state index is 12.3. The van der Waals surface area contributed by atoms with Gasteiger partial charge in [0.15, 0.2) is 0 Å². The summed E-state index contributed by atoms with van der Waals surface area (Å²) in [6.07, 6.45) is 1.33. The topological polar surface area (TPSA) is 61.9 Å². The molecule has 1 atom stereocenters. The third kappa shape index (κ3) is 2.16. The molecule has 6 heteroatoms. The van der Waals surface area contributed by atoms with Crippen molar-refractivity contribution in [2.75, 3.05) is 19.5 Å². The van der Waals surface area contributed by atoms with Gasteiger partial charge in [0, 0.05) is 25.9 Å². The number of nitrogens with zero attached hydrogens (tertiary/aromatic N) is 4. The van der Waals surface area contributed by atoms with Crippen molar-refractivity contribution in [1.29, 1.82) is 5.26 Å². The second-order valence-electron chi connectivity index (χ2n) is 5.19. The first-order chi connectivity index (χ1) is 10.2. The van der Waals surface area contributed by atoms with E-state index in [9.17, 15) is 10.1 Å². The monoisotopic (exact) mass is 302 g/mol. The lowest BCUT2D eigenvalue weighted by molar-refractivity contribution is -0.129. The minimum absolute atomic E-state index is 0.0903. The molecule has 1 aromatic heterocycles. The van der Waals surface area contributed by atoms with Gasteiger partial charge in [-0.05, 0) is 18.6 Å². The molecular weight excluding hydrogens is 288 g/mol. The van der Waals surface area contributed by atoms with Crippen molar-refractivity contribution in [3.05, 3.63) is 29.6 Å². The Kier molecular flexibility index (Phi) is 3.56. The summed E-state index contributed by atoms with van der Waals surface area (Å²) in [5.41, 5.74) is 2.02. The largest absolute Gasteiger partial charge is 0.344 e. The van der Waals surface area contributed by atoms with Crippen molar-refractivity contribution in [1.82, 2.24) is 14.5 Å². The third-order valence-electron chi connectivity index (χ3n) is 3.94. The number of fused-ring (bicyclic) bond motifs is 1. The number of carbonyl (C=O) groups excluding carboxylic acids is 1. The van der Waals surface area contributed by atoms with E-state index >= 15 is 0 Å². The van der Waals surface area contributed by atoms with Crippen LogP contribution in [0.5, 0.6) is 0 Å². The van der Waals surface area contributed by atoms with Crippen molar-refractivity contribution in [3.63, 3.8) is 0 Å². The number of rotatable bonds is 3. The van der Waals surface area contributed by atoms with Gasteiger partial charge in [0.1, 0.15) is 23.5 Å². The molecule has 1 unspecified atom stereocenters. The van der Waals surface area contributed by atoms with Crippen LogP contribution in [0, 0.1) is 11.3 Å². The van der Waals surface area contributed by atoms with Gasteiger partial charge in [0.2, 0.25) is 5.91 Å². The van der Waals surface area contributed by atoms with Gasteiger partial charge >= 0.3 is 0 Å². The molecule has 3 rings (SSSR count). The number of hydrogen-bond donors (Lipinski definition) is 0. The zero-order valence-corrected chi connectivity index (χ0v) is 12.5. The van der Waals surface area contributed by atoms with Crippen LogP contribution in [0.1, 0.15) is 23.9 Å². The Morgan fingerprint density at radius 3 is 2.95 bits per heavy atom. The molecule has 0 saturated carbocycles. The third-order valence-corrected chi connectivity index (χ3v) is 4.13. The normalized spacial score (nSPS) is 18.4. The number of benzene rings is 1. The predicted molar refractivity (Wildman–Crippen MR) is 80.2 cm³/mol. The second-order valence-corrected chi connectivity index (χ2v) is 5.56. The van der Waals surface area contributed by atoms with Gasteiger partial charge in [0.25, 0.3) is 0 Å². The molecule has 2 aromatic rings. The second kappa shape index (κ2) is 5.38. The predicted octanol–water partition coefficient (Wildman–Crippen LogP) is 2.09. The lowest BCUT2D eigenvalue weighted by Crippen LogP contribution is -2.25. The minimum Gasteiger partial charge on any atom is -0.344 e.